The van der Waals surface area contributed by atoms with Gasteiger partial charge in [0.05, 0.1) is 23.4 Å². The molecular formula is C13H17N3O2S. The van der Waals surface area contributed by atoms with Crippen molar-refractivity contribution in [3.63, 3.8) is 0 Å². The maximum absolute atomic E-state index is 11.7. The number of likely N-dealkylation sites (N-methyl/N-ethyl adjacent to an activating group) is 1. The van der Waals surface area contributed by atoms with Crippen LogP contribution in [0, 0.1) is 0 Å². The molecule has 0 unspecified atom stereocenters. The van der Waals surface area contributed by atoms with Gasteiger partial charge in [0.25, 0.3) is 0 Å². The number of amides is 1. The molecule has 2 rings (SSSR count). The molecule has 0 saturated heterocycles. The molecule has 1 aromatic heterocycles. The monoisotopic (exact) mass is 279 g/mol. The Morgan fingerprint density at radius 1 is 1.47 bits per heavy atom. The molecule has 102 valence electrons. The normalized spacial score (nSPS) is 10.6. The predicted octanol–water partition coefficient (Wildman–Crippen LogP) is 1.50. The molecule has 6 heteroatoms. The van der Waals surface area contributed by atoms with E-state index in [1.165, 1.54) is 0 Å². The van der Waals surface area contributed by atoms with Crippen molar-refractivity contribution in [2.45, 2.75) is 0 Å². The minimum Gasteiger partial charge on any atom is -0.383 e. The third-order valence-corrected chi connectivity index (χ3v) is 3.77. The lowest BCUT2D eigenvalue weighted by Gasteiger charge is -2.14. The summed E-state index contributed by atoms with van der Waals surface area (Å²) in [4.78, 5) is 18.0. The third-order valence-electron chi connectivity index (χ3n) is 2.62. The van der Waals surface area contributed by atoms with Crippen LogP contribution in [0.4, 0.5) is 5.13 Å². The SMILES string of the molecule is COCCNC(=O)CN(C)c1nc2ccccc2s1. The van der Waals surface area contributed by atoms with Crippen molar-refractivity contribution in [2.24, 2.45) is 0 Å². The van der Waals surface area contributed by atoms with Crippen LogP contribution in [0.2, 0.25) is 0 Å². The van der Waals surface area contributed by atoms with Gasteiger partial charge in [-0.25, -0.2) is 4.98 Å². The summed E-state index contributed by atoms with van der Waals surface area (Å²) in [6.07, 6.45) is 0. The number of carbonyl (C=O) groups excluding carboxylic acids is 1. The van der Waals surface area contributed by atoms with Crippen molar-refractivity contribution >= 4 is 32.6 Å². The number of methoxy groups -OCH3 is 1. The molecule has 0 aliphatic carbocycles. The van der Waals surface area contributed by atoms with Crippen molar-refractivity contribution in [3.05, 3.63) is 24.3 Å². The molecule has 0 atom stereocenters. The zero-order valence-corrected chi connectivity index (χ0v) is 11.9. The van der Waals surface area contributed by atoms with Crippen LogP contribution < -0.4 is 10.2 Å². The Bertz CT molecular complexity index is 523. The lowest BCUT2D eigenvalue weighted by atomic mass is 10.3. The quantitative estimate of drug-likeness (QED) is 0.814. The van der Waals surface area contributed by atoms with Gasteiger partial charge >= 0.3 is 0 Å². The number of nitrogens with one attached hydrogen (secondary N) is 1. The molecule has 0 bridgehead atoms. The number of ether oxygens (including phenoxy) is 1. The number of carbonyl (C=O) groups is 1. The molecule has 1 amide bonds. The lowest BCUT2D eigenvalue weighted by molar-refractivity contribution is -0.119. The Morgan fingerprint density at radius 2 is 2.26 bits per heavy atom. The van der Waals surface area contributed by atoms with E-state index < -0.39 is 0 Å². The number of hydrogen-bond donors (Lipinski definition) is 1. The molecule has 0 saturated carbocycles. The summed E-state index contributed by atoms with van der Waals surface area (Å²) < 4.78 is 6.01. The Balaban J connectivity index is 1.95. The van der Waals surface area contributed by atoms with E-state index in [1.54, 1.807) is 18.4 Å². The van der Waals surface area contributed by atoms with Gasteiger partial charge < -0.3 is 15.0 Å². The summed E-state index contributed by atoms with van der Waals surface area (Å²) >= 11 is 1.59. The van der Waals surface area contributed by atoms with E-state index in [0.29, 0.717) is 19.7 Å². The molecule has 0 aliphatic heterocycles. The first kappa shape index (κ1) is 13.8. The fourth-order valence-corrected chi connectivity index (χ4v) is 2.58. The molecule has 19 heavy (non-hydrogen) atoms. The number of fused-ring (bicyclic) bond motifs is 1. The van der Waals surface area contributed by atoms with Crippen LogP contribution in [0.25, 0.3) is 10.2 Å². The van der Waals surface area contributed by atoms with Crippen molar-refractivity contribution in [1.29, 1.82) is 0 Å². The highest BCUT2D eigenvalue weighted by Gasteiger charge is 2.11. The van der Waals surface area contributed by atoms with E-state index in [-0.39, 0.29) is 5.91 Å². The van der Waals surface area contributed by atoms with Crippen molar-refractivity contribution in [1.82, 2.24) is 10.3 Å². The lowest BCUT2D eigenvalue weighted by Crippen LogP contribution is -2.36. The van der Waals surface area contributed by atoms with Gasteiger partial charge in [0.1, 0.15) is 0 Å². The van der Waals surface area contributed by atoms with E-state index in [1.807, 2.05) is 36.2 Å². The van der Waals surface area contributed by atoms with Gasteiger partial charge in [0.2, 0.25) is 5.91 Å². The van der Waals surface area contributed by atoms with Crippen LogP contribution in [-0.2, 0) is 9.53 Å². The number of hydrogen-bond acceptors (Lipinski definition) is 5. The molecular weight excluding hydrogens is 262 g/mol. The summed E-state index contributed by atoms with van der Waals surface area (Å²) in [6, 6.07) is 7.95. The van der Waals surface area contributed by atoms with Crippen LogP contribution in [0.15, 0.2) is 24.3 Å². The van der Waals surface area contributed by atoms with Gasteiger partial charge in [-0.1, -0.05) is 23.5 Å². The molecule has 2 aromatic rings. The average molecular weight is 279 g/mol. The molecule has 0 fully saturated rings. The first-order chi connectivity index (χ1) is 9.20. The fourth-order valence-electron chi connectivity index (χ4n) is 1.65. The van der Waals surface area contributed by atoms with Gasteiger partial charge in [0, 0.05) is 20.7 Å². The van der Waals surface area contributed by atoms with Gasteiger partial charge in [-0.3, -0.25) is 4.79 Å². The number of rotatable bonds is 6. The predicted molar refractivity (Wildman–Crippen MR) is 77.8 cm³/mol. The minimum atomic E-state index is -0.0289. The Hall–Kier alpha value is -1.66. The zero-order valence-electron chi connectivity index (χ0n) is 11.0. The molecule has 0 aliphatic rings. The maximum Gasteiger partial charge on any atom is 0.239 e. The number of anilines is 1. The molecule has 1 aromatic carbocycles. The summed E-state index contributed by atoms with van der Waals surface area (Å²) in [6.45, 7) is 1.35. The average Bonchev–Trinajstić information content (AvgIpc) is 2.83. The van der Waals surface area contributed by atoms with E-state index in [2.05, 4.69) is 10.3 Å². The van der Waals surface area contributed by atoms with Crippen LogP contribution in [0.3, 0.4) is 0 Å². The zero-order chi connectivity index (χ0) is 13.7. The highest BCUT2D eigenvalue weighted by Crippen LogP contribution is 2.27. The van der Waals surface area contributed by atoms with Crippen LogP contribution in [0.5, 0.6) is 0 Å². The van der Waals surface area contributed by atoms with E-state index in [4.69, 9.17) is 4.74 Å². The molecule has 0 radical (unpaired) electrons. The highest BCUT2D eigenvalue weighted by atomic mass is 32.1. The van der Waals surface area contributed by atoms with Crippen LogP contribution in [-0.4, -0.2) is 44.7 Å². The molecule has 5 nitrogen and oxygen atoms in total. The molecule has 1 N–H and O–H groups in total. The molecule has 1 heterocycles. The Morgan fingerprint density at radius 3 is 3.00 bits per heavy atom. The number of aromatic nitrogens is 1. The van der Waals surface area contributed by atoms with Gasteiger partial charge in [0.15, 0.2) is 5.13 Å². The first-order valence-corrected chi connectivity index (χ1v) is 6.84. The number of nitrogens with zero attached hydrogens (tertiary/aromatic N) is 2. The maximum atomic E-state index is 11.7. The van der Waals surface area contributed by atoms with Crippen molar-refractivity contribution in [2.75, 3.05) is 38.8 Å². The summed E-state index contributed by atoms with van der Waals surface area (Å²) in [7, 11) is 3.48. The smallest absolute Gasteiger partial charge is 0.239 e. The van der Waals surface area contributed by atoms with E-state index in [9.17, 15) is 4.79 Å². The minimum absolute atomic E-state index is 0.0289. The van der Waals surface area contributed by atoms with Gasteiger partial charge in [-0.2, -0.15) is 0 Å². The fraction of sp³-hybridized carbons (Fsp3) is 0.385. The second-order valence-electron chi connectivity index (χ2n) is 4.16. The van der Waals surface area contributed by atoms with Crippen molar-refractivity contribution in [3.8, 4) is 0 Å². The Labute approximate surface area is 116 Å². The standard InChI is InChI=1S/C13H17N3O2S/c1-16(9-12(17)14-7-8-18-2)13-15-10-5-3-4-6-11(10)19-13/h3-6H,7-9H2,1-2H3,(H,14,17). The summed E-state index contributed by atoms with van der Waals surface area (Å²) in [5.41, 5.74) is 0.967. The highest BCUT2D eigenvalue weighted by molar-refractivity contribution is 7.22. The summed E-state index contributed by atoms with van der Waals surface area (Å²) in [5, 5.41) is 3.64. The van der Waals surface area contributed by atoms with Gasteiger partial charge in [-0.05, 0) is 12.1 Å². The van der Waals surface area contributed by atoms with Crippen LogP contribution >= 0.6 is 11.3 Å². The number of thiazole rings is 1. The topological polar surface area (TPSA) is 54.5 Å². The van der Waals surface area contributed by atoms with E-state index >= 15 is 0 Å². The largest absolute Gasteiger partial charge is 0.383 e. The number of benzene rings is 1. The molecule has 0 spiro atoms. The third kappa shape index (κ3) is 3.65. The summed E-state index contributed by atoms with van der Waals surface area (Å²) in [5.74, 6) is -0.0289. The second-order valence-corrected chi connectivity index (χ2v) is 5.17. The van der Waals surface area contributed by atoms with Crippen LogP contribution in [0.1, 0.15) is 0 Å². The second kappa shape index (κ2) is 6.49. The number of para-hydroxylation sites is 1. The van der Waals surface area contributed by atoms with E-state index in [0.717, 1.165) is 15.3 Å². The van der Waals surface area contributed by atoms with Crippen molar-refractivity contribution < 1.29 is 9.53 Å². The Kier molecular flexibility index (Phi) is 4.70. The van der Waals surface area contributed by atoms with Gasteiger partial charge in [-0.15, -0.1) is 0 Å². The first-order valence-electron chi connectivity index (χ1n) is 6.03.